The summed E-state index contributed by atoms with van der Waals surface area (Å²) in [6, 6.07) is 1.26. The monoisotopic (exact) mass is 401 g/mol. The number of morpholine rings is 1. The van der Waals surface area contributed by atoms with Crippen molar-refractivity contribution in [2.75, 3.05) is 32.9 Å². The van der Waals surface area contributed by atoms with Gasteiger partial charge in [-0.25, -0.2) is 13.2 Å². The van der Waals surface area contributed by atoms with Gasteiger partial charge in [0.1, 0.15) is 17.2 Å². The van der Waals surface area contributed by atoms with Crippen LogP contribution >= 0.6 is 11.3 Å². The molecule has 142 valence electrons. The normalized spacial score (nSPS) is 15.9. The maximum Gasteiger partial charge on any atom is 0.354 e. The van der Waals surface area contributed by atoms with Crippen molar-refractivity contribution in [3.8, 4) is 0 Å². The van der Waals surface area contributed by atoms with Crippen molar-refractivity contribution in [2.24, 2.45) is 0 Å². The molecule has 1 saturated heterocycles. The summed E-state index contributed by atoms with van der Waals surface area (Å²) in [5.41, 5.74) is 0.848. The molecule has 1 fully saturated rings. The number of sulfonamides is 1. The number of aromatic amines is 1. The fourth-order valence-corrected chi connectivity index (χ4v) is 4.72. The van der Waals surface area contributed by atoms with E-state index in [2.05, 4.69) is 4.98 Å². The summed E-state index contributed by atoms with van der Waals surface area (Å²) in [5.74, 6) is -0.672. The third-order valence-corrected chi connectivity index (χ3v) is 6.77. The first kappa shape index (κ1) is 18.8. The molecule has 3 rings (SSSR count). The minimum absolute atomic E-state index is 0.0104. The Morgan fingerprint density at radius 3 is 2.77 bits per heavy atom. The van der Waals surface area contributed by atoms with E-state index in [0.29, 0.717) is 13.2 Å². The Labute approximate surface area is 154 Å². The second kappa shape index (κ2) is 7.74. The predicted octanol–water partition coefficient (Wildman–Crippen LogP) is 0.424. The quantitative estimate of drug-likeness (QED) is 0.703. The van der Waals surface area contributed by atoms with E-state index in [4.69, 9.17) is 9.47 Å². The van der Waals surface area contributed by atoms with Gasteiger partial charge in [-0.1, -0.05) is 11.3 Å². The summed E-state index contributed by atoms with van der Waals surface area (Å²) in [7, 11) is -3.67. The van der Waals surface area contributed by atoms with Crippen LogP contribution in [0.3, 0.4) is 0 Å². The summed E-state index contributed by atoms with van der Waals surface area (Å²) in [6.45, 7) is 3.32. The molecule has 0 aliphatic carbocycles. The number of hydrogen-bond donors (Lipinski definition) is 1. The number of thiazole rings is 1. The van der Waals surface area contributed by atoms with Crippen molar-refractivity contribution in [3.63, 3.8) is 0 Å². The van der Waals surface area contributed by atoms with Gasteiger partial charge in [0.15, 0.2) is 0 Å². The molecule has 3 heterocycles. The lowest BCUT2D eigenvalue weighted by molar-refractivity contribution is 0.0484. The molecule has 11 heteroatoms. The number of rotatable bonds is 6. The van der Waals surface area contributed by atoms with Crippen LogP contribution in [0.4, 0.5) is 0 Å². The van der Waals surface area contributed by atoms with Gasteiger partial charge >= 0.3 is 10.8 Å². The maximum absolute atomic E-state index is 12.5. The van der Waals surface area contributed by atoms with Gasteiger partial charge in [-0.05, 0) is 13.0 Å². The van der Waals surface area contributed by atoms with Crippen molar-refractivity contribution in [1.82, 2.24) is 13.9 Å². The second-order valence-electron chi connectivity index (χ2n) is 5.70. The summed E-state index contributed by atoms with van der Waals surface area (Å²) in [6.07, 6.45) is 1.27. The Kier molecular flexibility index (Phi) is 5.61. The average molecular weight is 401 g/mol. The molecular weight excluding hydrogens is 382 g/mol. The molecule has 1 aliphatic rings. The molecule has 0 bridgehead atoms. The van der Waals surface area contributed by atoms with Gasteiger partial charge in [0.05, 0.1) is 19.8 Å². The molecule has 9 nitrogen and oxygen atoms in total. The van der Waals surface area contributed by atoms with Crippen LogP contribution in [-0.4, -0.2) is 61.2 Å². The van der Waals surface area contributed by atoms with E-state index in [1.54, 1.807) is 12.3 Å². The standard InChI is InChI=1S/C15H19N3O6S2/c1-11-10-25-15(20)18(11)4-7-24-14(19)13-8-12(9-16-13)26(21,22)17-2-5-23-6-3-17/h8-10,16H,2-7H2,1H3. The van der Waals surface area contributed by atoms with Crippen LogP contribution in [0, 0.1) is 6.92 Å². The lowest BCUT2D eigenvalue weighted by Crippen LogP contribution is -2.40. The van der Waals surface area contributed by atoms with E-state index >= 15 is 0 Å². The summed E-state index contributed by atoms with van der Waals surface area (Å²) in [4.78, 5) is 26.2. The van der Waals surface area contributed by atoms with E-state index in [1.165, 1.54) is 21.1 Å². The molecule has 0 unspecified atom stereocenters. The number of nitrogens with zero attached hydrogens (tertiary/aromatic N) is 2. The van der Waals surface area contributed by atoms with Gasteiger partial charge in [-0.2, -0.15) is 4.31 Å². The highest BCUT2D eigenvalue weighted by atomic mass is 32.2. The largest absolute Gasteiger partial charge is 0.459 e. The van der Waals surface area contributed by atoms with Crippen molar-refractivity contribution >= 4 is 27.3 Å². The van der Waals surface area contributed by atoms with E-state index in [0.717, 1.165) is 17.0 Å². The lowest BCUT2D eigenvalue weighted by Gasteiger charge is -2.25. The first-order valence-corrected chi connectivity index (χ1v) is 10.3. The third kappa shape index (κ3) is 3.90. The number of aromatic nitrogens is 2. The predicted molar refractivity (Wildman–Crippen MR) is 94.0 cm³/mol. The van der Waals surface area contributed by atoms with Gasteiger partial charge in [0.25, 0.3) is 0 Å². The van der Waals surface area contributed by atoms with Crippen LogP contribution in [0.2, 0.25) is 0 Å². The highest BCUT2D eigenvalue weighted by Gasteiger charge is 2.28. The number of ether oxygens (including phenoxy) is 2. The van der Waals surface area contributed by atoms with Gasteiger partial charge in [0.2, 0.25) is 10.0 Å². The Bertz CT molecular complexity index is 937. The zero-order valence-corrected chi connectivity index (χ0v) is 15.8. The van der Waals surface area contributed by atoms with Crippen LogP contribution in [0.5, 0.6) is 0 Å². The SMILES string of the molecule is Cc1csc(=O)n1CCOC(=O)c1cc(S(=O)(=O)N2CCOCC2)c[nH]1. The zero-order chi connectivity index (χ0) is 18.7. The molecule has 26 heavy (non-hydrogen) atoms. The van der Waals surface area contributed by atoms with Crippen LogP contribution < -0.4 is 4.87 Å². The number of H-pyrrole nitrogens is 1. The van der Waals surface area contributed by atoms with Crippen LogP contribution in [0.25, 0.3) is 0 Å². The van der Waals surface area contributed by atoms with Crippen molar-refractivity contribution in [1.29, 1.82) is 0 Å². The smallest absolute Gasteiger partial charge is 0.354 e. The minimum atomic E-state index is -3.67. The minimum Gasteiger partial charge on any atom is -0.459 e. The number of hydrogen-bond acceptors (Lipinski definition) is 7. The Balaban J connectivity index is 1.62. The fourth-order valence-electron chi connectivity index (χ4n) is 2.56. The van der Waals surface area contributed by atoms with Crippen molar-refractivity contribution in [2.45, 2.75) is 18.4 Å². The molecular formula is C15H19N3O6S2. The highest BCUT2D eigenvalue weighted by Crippen LogP contribution is 2.18. The van der Waals surface area contributed by atoms with Gasteiger partial charge in [-0.3, -0.25) is 9.36 Å². The summed E-state index contributed by atoms with van der Waals surface area (Å²) >= 11 is 1.09. The molecule has 0 radical (unpaired) electrons. The molecule has 0 saturated carbocycles. The zero-order valence-electron chi connectivity index (χ0n) is 14.1. The van der Waals surface area contributed by atoms with Crippen LogP contribution in [-0.2, 0) is 26.0 Å². The maximum atomic E-state index is 12.5. The Hall–Kier alpha value is -1.95. The van der Waals surface area contributed by atoms with E-state index < -0.39 is 16.0 Å². The highest BCUT2D eigenvalue weighted by molar-refractivity contribution is 7.89. The first-order chi connectivity index (χ1) is 12.4. The Morgan fingerprint density at radius 1 is 1.38 bits per heavy atom. The molecule has 2 aromatic heterocycles. The fraction of sp³-hybridized carbons (Fsp3) is 0.467. The topological polar surface area (TPSA) is 111 Å². The molecule has 2 aromatic rings. The molecule has 1 aliphatic heterocycles. The number of carbonyl (C=O) groups is 1. The van der Waals surface area contributed by atoms with E-state index in [1.807, 2.05) is 0 Å². The number of esters is 1. The van der Waals surface area contributed by atoms with E-state index in [9.17, 15) is 18.0 Å². The molecule has 1 N–H and O–H groups in total. The van der Waals surface area contributed by atoms with Gasteiger partial charge in [-0.15, -0.1) is 0 Å². The summed E-state index contributed by atoms with van der Waals surface area (Å²) < 4.78 is 38.2. The molecule has 0 spiro atoms. The van der Waals surface area contributed by atoms with Crippen LogP contribution in [0.1, 0.15) is 16.2 Å². The number of carbonyl (C=O) groups excluding carboxylic acids is 1. The van der Waals surface area contributed by atoms with Crippen molar-refractivity contribution < 1.29 is 22.7 Å². The van der Waals surface area contributed by atoms with Crippen molar-refractivity contribution in [3.05, 3.63) is 38.7 Å². The number of nitrogens with one attached hydrogen (secondary N) is 1. The van der Waals surface area contributed by atoms with E-state index in [-0.39, 0.29) is 41.7 Å². The third-order valence-electron chi connectivity index (χ3n) is 4.01. The molecule has 0 amide bonds. The van der Waals surface area contributed by atoms with Gasteiger partial charge < -0.3 is 14.5 Å². The lowest BCUT2D eigenvalue weighted by atomic mass is 10.4. The number of aryl methyl sites for hydroxylation is 1. The second-order valence-corrected chi connectivity index (χ2v) is 8.45. The average Bonchev–Trinajstić information content (AvgIpc) is 3.25. The first-order valence-electron chi connectivity index (χ1n) is 7.98. The molecule has 0 atom stereocenters. The van der Waals surface area contributed by atoms with Crippen LogP contribution in [0.15, 0.2) is 27.3 Å². The van der Waals surface area contributed by atoms with Gasteiger partial charge in [0, 0.05) is 30.4 Å². The summed E-state index contributed by atoms with van der Waals surface area (Å²) in [5, 5.41) is 1.73. The Morgan fingerprint density at radius 2 is 2.12 bits per heavy atom. The molecule has 0 aromatic carbocycles.